The number of nitrogens with two attached hydrogens (primary N) is 1. The molecule has 1 aromatic rings. The molecule has 0 amide bonds. The number of hydrogen-bond donors (Lipinski definition) is 1. The summed E-state index contributed by atoms with van der Waals surface area (Å²) < 4.78 is 0. The molecular formula is C8H8N6. The van der Waals surface area contributed by atoms with Gasteiger partial charge in [0.1, 0.15) is 18.9 Å². The van der Waals surface area contributed by atoms with Gasteiger partial charge in [-0.3, -0.25) is 0 Å². The van der Waals surface area contributed by atoms with Crippen LogP contribution >= 0.6 is 0 Å². The maximum atomic E-state index is 8.52. The van der Waals surface area contributed by atoms with Crippen molar-refractivity contribution in [3.8, 4) is 12.1 Å². The van der Waals surface area contributed by atoms with Crippen LogP contribution in [0.3, 0.4) is 0 Å². The SMILES string of the molecule is N#CCN(CC#N)c1ccnc(N)n1. The number of nitrogen functional groups attached to an aromatic ring is 1. The quantitative estimate of drug-likeness (QED) is 0.665. The highest BCUT2D eigenvalue weighted by molar-refractivity contribution is 5.42. The van der Waals surface area contributed by atoms with E-state index in [1.165, 1.54) is 11.1 Å². The van der Waals surface area contributed by atoms with E-state index < -0.39 is 0 Å². The molecule has 14 heavy (non-hydrogen) atoms. The number of nitriles is 2. The van der Waals surface area contributed by atoms with Crippen LogP contribution in [0.4, 0.5) is 11.8 Å². The predicted molar refractivity (Wildman–Crippen MR) is 49.9 cm³/mol. The smallest absolute Gasteiger partial charge is 0.221 e. The van der Waals surface area contributed by atoms with Crippen LogP contribution in [-0.4, -0.2) is 23.1 Å². The van der Waals surface area contributed by atoms with Crippen molar-refractivity contribution in [1.29, 1.82) is 10.5 Å². The fraction of sp³-hybridized carbons (Fsp3) is 0.250. The Morgan fingerprint density at radius 3 is 2.50 bits per heavy atom. The van der Waals surface area contributed by atoms with E-state index in [4.69, 9.17) is 16.3 Å². The lowest BCUT2D eigenvalue weighted by Gasteiger charge is -2.16. The number of aromatic nitrogens is 2. The van der Waals surface area contributed by atoms with E-state index in [-0.39, 0.29) is 19.0 Å². The molecule has 0 unspecified atom stereocenters. The van der Waals surface area contributed by atoms with Crippen molar-refractivity contribution in [2.75, 3.05) is 23.7 Å². The van der Waals surface area contributed by atoms with Crippen LogP contribution in [0.1, 0.15) is 0 Å². The highest BCUT2D eigenvalue weighted by Gasteiger charge is 2.06. The van der Waals surface area contributed by atoms with Crippen LogP contribution in [0.25, 0.3) is 0 Å². The van der Waals surface area contributed by atoms with Gasteiger partial charge in [-0.25, -0.2) is 4.98 Å². The zero-order chi connectivity index (χ0) is 10.4. The van der Waals surface area contributed by atoms with E-state index in [9.17, 15) is 0 Å². The van der Waals surface area contributed by atoms with E-state index in [0.29, 0.717) is 5.82 Å². The van der Waals surface area contributed by atoms with E-state index in [0.717, 1.165) is 0 Å². The standard InChI is InChI=1S/C8H8N6/c9-2-5-14(6-3-10)7-1-4-12-8(11)13-7/h1,4H,5-6H2,(H2,11,12,13). The maximum absolute atomic E-state index is 8.52. The normalized spacial score (nSPS) is 8.71. The summed E-state index contributed by atoms with van der Waals surface area (Å²) in [6.45, 7) is 0.202. The summed E-state index contributed by atoms with van der Waals surface area (Å²) in [6.07, 6.45) is 1.49. The van der Waals surface area contributed by atoms with Crippen molar-refractivity contribution in [1.82, 2.24) is 9.97 Å². The molecule has 2 N–H and O–H groups in total. The third kappa shape index (κ3) is 2.32. The molecular weight excluding hydrogens is 180 g/mol. The second kappa shape index (κ2) is 4.63. The Morgan fingerprint density at radius 1 is 1.36 bits per heavy atom. The third-order valence-electron chi connectivity index (χ3n) is 1.51. The average Bonchev–Trinajstić information content (AvgIpc) is 2.17. The molecule has 0 radical (unpaired) electrons. The van der Waals surface area contributed by atoms with E-state index in [1.54, 1.807) is 6.07 Å². The summed E-state index contributed by atoms with van der Waals surface area (Å²) in [5.74, 6) is 0.615. The number of nitrogens with zero attached hydrogens (tertiary/aromatic N) is 5. The van der Waals surface area contributed by atoms with Crippen LogP contribution in [0.5, 0.6) is 0 Å². The molecule has 0 saturated carbocycles. The van der Waals surface area contributed by atoms with Gasteiger partial charge in [-0.15, -0.1) is 0 Å². The summed E-state index contributed by atoms with van der Waals surface area (Å²) in [5.41, 5.74) is 5.37. The molecule has 0 bridgehead atoms. The fourth-order valence-corrected chi connectivity index (χ4v) is 0.929. The monoisotopic (exact) mass is 188 g/mol. The van der Waals surface area contributed by atoms with Gasteiger partial charge in [0.15, 0.2) is 0 Å². The Kier molecular flexibility index (Phi) is 3.22. The molecule has 0 aliphatic heterocycles. The maximum Gasteiger partial charge on any atom is 0.221 e. The van der Waals surface area contributed by atoms with Crippen LogP contribution in [0.2, 0.25) is 0 Å². The first kappa shape index (κ1) is 9.75. The molecule has 1 heterocycles. The lowest BCUT2D eigenvalue weighted by atomic mass is 10.4. The number of anilines is 2. The number of hydrogen-bond acceptors (Lipinski definition) is 6. The van der Waals surface area contributed by atoms with Crippen molar-refractivity contribution in [2.24, 2.45) is 0 Å². The summed E-state index contributed by atoms with van der Waals surface area (Å²) in [7, 11) is 0. The average molecular weight is 188 g/mol. The van der Waals surface area contributed by atoms with Gasteiger partial charge < -0.3 is 10.6 Å². The van der Waals surface area contributed by atoms with Crippen molar-refractivity contribution < 1.29 is 0 Å². The molecule has 0 aromatic carbocycles. The highest BCUT2D eigenvalue weighted by atomic mass is 15.2. The largest absolute Gasteiger partial charge is 0.368 e. The van der Waals surface area contributed by atoms with E-state index in [1.807, 2.05) is 12.1 Å². The molecule has 1 aromatic heterocycles. The summed E-state index contributed by atoms with van der Waals surface area (Å²) in [6, 6.07) is 5.49. The minimum atomic E-state index is 0.101. The zero-order valence-electron chi connectivity index (χ0n) is 7.38. The van der Waals surface area contributed by atoms with E-state index in [2.05, 4.69) is 9.97 Å². The summed E-state index contributed by atoms with van der Waals surface area (Å²) in [4.78, 5) is 9.13. The molecule has 0 fully saturated rings. The Labute approximate surface area is 81.2 Å². The third-order valence-corrected chi connectivity index (χ3v) is 1.51. The molecule has 0 aliphatic carbocycles. The van der Waals surface area contributed by atoms with Gasteiger partial charge in [-0.05, 0) is 6.07 Å². The van der Waals surface area contributed by atoms with Gasteiger partial charge in [0, 0.05) is 6.20 Å². The first-order chi connectivity index (χ1) is 6.77. The van der Waals surface area contributed by atoms with Gasteiger partial charge in [0.05, 0.1) is 12.1 Å². The first-order valence-corrected chi connectivity index (χ1v) is 3.85. The predicted octanol–water partition coefficient (Wildman–Crippen LogP) is -0.0876. The second-order valence-electron chi connectivity index (χ2n) is 2.45. The molecule has 0 atom stereocenters. The second-order valence-corrected chi connectivity index (χ2v) is 2.45. The van der Waals surface area contributed by atoms with E-state index >= 15 is 0 Å². The topological polar surface area (TPSA) is 103 Å². The molecule has 6 nitrogen and oxygen atoms in total. The zero-order valence-corrected chi connectivity index (χ0v) is 7.38. The first-order valence-electron chi connectivity index (χ1n) is 3.85. The minimum absolute atomic E-state index is 0.101. The van der Waals surface area contributed by atoms with Gasteiger partial charge in [0.2, 0.25) is 5.95 Å². The summed E-state index contributed by atoms with van der Waals surface area (Å²) in [5, 5.41) is 17.0. The van der Waals surface area contributed by atoms with Crippen LogP contribution < -0.4 is 10.6 Å². The minimum Gasteiger partial charge on any atom is -0.368 e. The van der Waals surface area contributed by atoms with Crippen LogP contribution in [-0.2, 0) is 0 Å². The van der Waals surface area contributed by atoms with Crippen LogP contribution in [0.15, 0.2) is 12.3 Å². The molecule has 1 rings (SSSR count). The van der Waals surface area contributed by atoms with Crippen molar-refractivity contribution >= 4 is 11.8 Å². The fourth-order valence-electron chi connectivity index (χ4n) is 0.929. The van der Waals surface area contributed by atoms with Crippen molar-refractivity contribution in [2.45, 2.75) is 0 Å². The van der Waals surface area contributed by atoms with Gasteiger partial charge in [0.25, 0.3) is 0 Å². The highest BCUT2D eigenvalue weighted by Crippen LogP contribution is 2.09. The van der Waals surface area contributed by atoms with Crippen LogP contribution in [0, 0.1) is 22.7 Å². The Bertz CT molecular complexity index is 372. The van der Waals surface area contributed by atoms with Crippen molar-refractivity contribution in [3.05, 3.63) is 12.3 Å². The molecule has 0 aliphatic rings. The Balaban J connectivity index is 2.89. The van der Waals surface area contributed by atoms with Gasteiger partial charge in [-0.2, -0.15) is 15.5 Å². The number of rotatable bonds is 3. The molecule has 0 spiro atoms. The van der Waals surface area contributed by atoms with Crippen molar-refractivity contribution in [3.63, 3.8) is 0 Å². The molecule has 6 heteroatoms. The van der Waals surface area contributed by atoms with Gasteiger partial charge >= 0.3 is 0 Å². The summed E-state index contributed by atoms with van der Waals surface area (Å²) >= 11 is 0. The lowest BCUT2D eigenvalue weighted by Crippen LogP contribution is -2.25. The molecule has 0 saturated heterocycles. The Hall–Kier alpha value is -2.34. The van der Waals surface area contributed by atoms with Gasteiger partial charge in [-0.1, -0.05) is 0 Å². The Morgan fingerprint density at radius 2 is 2.00 bits per heavy atom. The molecule has 70 valence electrons. The lowest BCUT2D eigenvalue weighted by molar-refractivity contribution is 0.929.